The lowest BCUT2D eigenvalue weighted by Crippen LogP contribution is -1.96. The van der Waals surface area contributed by atoms with Gasteiger partial charge in [0.15, 0.2) is 0 Å². The molecule has 0 bridgehead atoms. The van der Waals surface area contributed by atoms with Gasteiger partial charge in [0.25, 0.3) is 0 Å². The van der Waals surface area contributed by atoms with Gasteiger partial charge < -0.3 is 9.53 Å². The van der Waals surface area contributed by atoms with E-state index in [2.05, 4.69) is 19.1 Å². The Hall–Kier alpha value is -2.09. The van der Waals surface area contributed by atoms with Crippen LogP contribution < -0.4 is 4.74 Å². The molecule has 2 aromatic rings. The third-order valence-corrected chi connectivity index (χ3v) is 2.73. The van der Waals surface area contributed by atoms with Gasteiger partial charge in [-0.1, -0.05) is 42.0 Å². The number of aryl methyl sites for hydroxylation is 1. The summed E-state index contributed by atoms with van der Waals surface area (Å²) in [5, 5.41) is 0. The van der Waals surface area contributed by atoms with E-state index in [4.69, 9.17) is 4.74 Å². The van der Waals surface area contributed by atoms with Crippen LogP contribution in [0.3, 0.4) is 0 Å². The first kappa shape index (κ1) is 12.4. The van der Waals surface area contributed by atoms with E-state index in [0.29, 0.717) is 13.0 Å². The quantitative estimate of drug-likeness (QED) is 0.749. The second-order valence-electron chi connectivity index (χ2n) is 4.29. The van der Waals surface area contributed by atoms with Crippen LogP contribution in [0.2, 0.25) is 0 Å². The fourth-order valence-electron chi connectivity index (χ4n) is 1.79. The van der Waals surface area contributed by atoms with Crippen LogP contribution in [0.15, 0.2) is 48.5 Å². The molecule has 0 amide bonds. The first-order valence-electron chi connectivity index (χ1n) is 5.99. The first-order chi connectivity index (χ1) is 8.78. The highest BCUT2D eigenvalue weighted by molar-refractivity contribution is 5.55. The summed E-state index contributed by atoms with van der Waals surface area (Å²) in [6.07, 6.45) is 1.36. The van der Waals surface area contributed by atoms with Crippen molar-refractivity contribution in [1.82, 2.24) is 0 Å². The predicted molar refractivity (Wildman–Crippen MR) is 71.7 cm³/mol. The molecule has 0 saturated heterocycles. The van der Waals surface area contributed by atoms with E-state index < -0.39 is 0 Å². The van der Waals surface area contributed by atoms with Gasteiger partial charge in [0.2, 0.25) is 0 Å². The Labute approximate surface area is 107 Å². The number of aldehydes is 1. The van der Waals surface area contributed by atoms with Crippen molar-refractivity contribution in [2.24, 2.45) is 0 Å². The van der Waals surface area contributed by atoms with Gasteiger partial charge in [0.1, 0.15) is 18.6 Å². The Morgan fingerprint density at radius 2 is 1.83 bits per heavy atom. The molecule has 92 valence electrons. The zero-order valence-corrected chi connectivity index (χ0v) is 10.4. The molecule has 2 rings (SSSR count). The van der Waals surface area contributed by atoms with Gasteiger partial charge >= 0.3 is 0 Å². The molecule has 0 heterocycles. The minimum atomic E-state index is 0.457. The van der Waals surface area contributed by atoms with Gasteiger partial charge in [-0.3, -0.25) is 0 Å². The summed E-state index contributed by atoms with van der Waals surface area (Å²) in [6, 6.07) is 15.9. The van der Waals surface area contributed by atoms with E-state index in [0.717, 1.165) is 23.2 Å². The third-order valence-electron chi connectivity index (χ3n) is 2.73. The highest BCUT2D eigenvalue weighted by Crippen LogP contribution is 2.14. The summed E-state index contributed by atoms with van der Waals surface area (Å²) in [4.78, 5) is 10.4. The van der Waals surface area contributed by atoms with Crippen molar-refractivity contribution in [3.05, 3.63) is 65.2 Å². The first-order valence-corrected chi connectivity index (χ1v) is 5.99. The standard InChI is InChI=1S/C16H16O2/c1-13-3-2-4-15(11-13)12-18-16-7-5-14(6-8-16)9-10-17/h2-8,10-11H,9,12H2,1H3. The topological polar surface area (TPSA) is 26.3 Å². The molecule has 0 aliphatic carbocycles. The smallest absolute Gasteiger partial charge is 0.124 e. The fraction of sp³-hybridized carbons (Fsp3) is 0.188. The van der Waals surface area contributed by atoms with Crippen molar-refractivity contribution in [2.75, 3.05) is 0 Å². The third kappa shape index (κ3) is 3.45. The molecule has 18 heavy (non-hydrogen) atoms. The van der Waals surface area contributed by atoms with Gasteiger partial charge in [0, 0.05) is 6.42 Å². The van der Waals surface area contributed by atoms with Crippen LogP contribution in [0.5, 0.6) is 5.75 Å². The average Bonchev–Trinajstić information content (AvgIpc) is 2.38. The SMILES string of the molecule is Cc1cccc(COc2ccc(CC=O)cc2)c1. The molecule has 0 aliphatic rings. The molecule has 0 fully saturated rings. The Bertz CT molecular complexity index is 515. The highest BCUT2D eigenvalue weighted by Gasteiger charge is 1.97. The van der Waals surface area contributed by atoms with Gasteiger partial charge in [0.05, 0.1) is 0 Å². The molecule has 0 spiro atoms. The van der Waals surface area contributed by atoms with E-state index >= 15 is 0 Å². The number of carbonyl (C=O) groups is 1. The summed E-state index contributed by atoms with van der Waals surface area (Å²) < 4.78 is 5.69. The molecule has 0 saturated carbocycles. The molecular weight excluding hydrogens is 224 g/mol. The van der Waals surface area contributed by atoms with Gasteiger partial charge in [-0.25, -0.2) is 0 Å². The van der Waals surface area contributed by atoms with Crippen LogP contribution in [0, 0.1) is 6.92 Å². The molecule has 2 heteroatoms. The summed E-state index contributed by atoms with van der Waals surface area (Å²) in [5.41, 5.74) is 3.40. The molecule has 0 aliphatic heterocycles. The van der Waals surface area contributed by atoms with Gasteiger partial charge in [-0.2, -0.15) is 0 Å². The molecule has 0 N–H and O–H groups in total. The Morgan fingerprint density at radius 1 is 1.06 bits per heavy atom. The predicted octanol–water partition coefficient (Wildman–Crippen LogP) is 3.32. The molecule has 0 aromatic heterocycles. The fourth-order valence-corrected chi connectivity index (χ4v) is 1.79. The second-order valence-corrected chi connectivity index (χ2v) is 4.29. The highest BCUT2D eigenvalue weighted by atomic mass is 16.5. The van der Waals surface area contributed by atoms with E-state index in [9.17, 15) is 4.79 Å². The molecule has 2 nitrogen and oxygen atoms in total. The van der Waals surface area contributed by atoms with Crippen LogP contribution in [-0.4, -0.2) is 6.29 Å². The van der Waals surface area contributed by atoms with Crippen molar-refractivity contribution in [3.63, 3.8) is 0 Å². The van der Waals surface area contributed by atoms with Gasteiger partial charge in [-0.15, -0.1) is 0 Å². The lowest BCUT2D eigenvalue weighted by Gasteiger charge is -2.07. The summed E-state index contributed by atoms with van der Waals surface area (Å²) in [5.74, 6) is 0.825. The summed E-state index contributed by atoms with van der Waals surface area (Å²) >= 11 is 0. The number of carbonyl (C=O) groups excluding carboxylic acids is 1. The van der Waals surface area contributed by atoms with Crippen LogP contribution in [0.25, 0.3) is 0 Å². The normalized spacial score (nSPS) is 10.1. The average molecular weight is 240 g/mol. The minimum absolute atomic E-state index is 0.457. The Kier molecular flexibility index (Phi) is 4.13. The van der Waals surface area contributed by atoms with Crippen LogP contribution in [0.1, 0.15) is 16.7 Å². The molecule has 0 unspecified atom stereocenters. The Balaban J connectivity index is 1.95. The molecule has 0 radical (unpaired) electrons. The largest absolute Gasteiger partial charge is 0.489 e. The molecular formula is C16H16O2. The van der Waals surface area contributed by atoms with E-state index in [1.165, 1.54) is 5.56 Å². The zero-order valence-electron chi connectivity index (χ0n) is 10.4. The maximum atomic E-state index is 10.4. The van der Waals surface area contributed by atoms with Crippen LogP contribution in [0.4, 0.5) is 0 Å². The van der Waals surface area contributed by atoms with E-state index in [-0.39, 0.29) is 0 Å². The number of ether oxygens (including phenoxy) is 1. The van der Waals surface area contributed by atoms with Crippen molar-refractivity contribution >= 4 is 6.29 Å². The number of benzene rings is 2. The number of hydrogen-bond donors (Lipinski definition) is 0. The summed E-state index contributed by atoms with van der Waals surface area (Å²) in [7, 11) is 0. The van der Waals surface area contributed by atoms with E-state index in [1.54, 1.807) is 0 Å². The maximum Gasteiger partial charge on any atom is 0.124 e. The van der Waals surface area contributed by atoms with Crippen molar-refractivity contribution in [2.45, 2.75) is 20.0 Å². The van der Waals surface area contributed by atoms with Crippen molar-refractivity contribution in [3.8, 4) is 5.75 Å². The lowest BCUT2D eigenvalue weighted by molar-refractivity contribution is -0.107. The minimum Gasteiger partial charge on any atom is -0.489 e. The number of hydrogen-bond acceptors (Lipinski definition) is 2. The zero-order chi connectivity index (χ0) is 12.8. The Morgan fingerprint density at radius 3 is 2.50 bits per heavy atom. The maximum absolute atomic E-state index is 10.4. The lowest BCUT2D eigenvalue weighted by atomic mass is 10.1. The summed E-state index contributed by atoms with van der Waals surface area (Å²) in [6.45, 7) is 2.63. The second kappa shape index (κ2) is 6.01. The molecule has 0 atom stereocenters. The van der Waals surface area contributed by atoms with Gasteiger partial charge in [-0.05, 0) is 30.2 Å². The van der Waals surface area contributed by atoms with Crippen LogP contribution in [-0.2, 0) is 17.8 Å². The monoisotopic (exact) mass is 240 g/mol. The van der Waals surface area contributed by atoms with Crippen molar-refractivity contribution in [1.29, 1.82) is 0 Å². The number of rotatable bonds is 5. The van der Waals surface area contributed by atoms with E-state index in [1.807, 2.05) is 36.4 Å². The van der Waals surface area contributed by atoms with Crippen molar-refractivity contribution < 1.29 is 9.53 Å². The van der Waals surface area contributed by atoms with Crippen LogP contribution >= 0.6 is 0 Å². The molecule has 2 aromatic carbocycles.